The third kappa shape index (κ3) is 2.80. The predicted octanol–water partition coefficient (Wildman–Crippen LogP) is 5.04. The Balaban J connectivity index is 1.89. The molecule has 2 aromatic carbocycles. The van der Waals surface area contributed by atoms with Crippen molar-refractivity contribution in [2.45, 2.75) is 20.4 Å². The van der Waals surface area contributed by atoms with Gasteiger partial charge in [-0.2, -0.15) is 4.99 Å². The topological polar surface area (TPSA) is 47.2 Å². The lowest BCUT2D eigenvalue weighted by Crippen LogP contribution is -2.16. The summed E-state index contributed by atoms with van der Waals surface area (Å²) in [4.78, 5) is 22.0. The largest absolute Gasteiger partial charge is 0.316 e. The average Bonchev–Trinajstić information content (AvgIpc) is 3.22. The van der Waals surface area contributed by atoms with Crippen molar-refractivity contribution in [3.8, 4) is 0 Å². The molecule has 2 heterocycles. The van der Waals surface area contributed by atoms with Gasteiger partial charge in [0.05, 0.1) is 31.0 Å². The first-order valence-corrected chi connectivity index (χ1v) is 9.86. The first-order valence-electron chi connectivity index (χ1n) is 7.79. The maximum absolute atomic E-state index is 12.7. The Hall–Kier alpha value is -2.02. The van der Waals surface area contributed by atoms with Gasteiger partial charge in [0.25, 0.3) is 5.91 Å². The van der Waals surface area contributed by atoms with Gasteiger partial charge in [-0.15, -0.1) is 11.3 Å². The van der Waals surface area contributed by atoms with Gasteiger partial charge in [0.2, 0.25) is 0 Å². The summed E-state index contributed by atoms with van der Waals surface area (Å²) in [5, 5.41) is 0.688. The molecule has 7 heteroatoms. The molecule has 126 valence electrons. The highest BCUT2D eigenvalue weighted by atomic mass is 35.5. The maximum atomic E-state index is 12.7. The molecule has 2 aromatic heterocycles. The zero-order valence-corrected chi connectivity index (χ0v) is 16.0. The van der Waals surface area contributed by atoms with Gasteiger partial charge in [0, 0.05) is 12.1 Å². The Labute approximate surface area is 157 Å². The molecule has 4 aromatic rings. The van der Waals surface area contributed by atoms with E-state index in [1.807, 2.05) is 42.7 Å². The van der Waals surface area contributed by atoms with E-state index in [-0.39, 0.29) is 5.91 Å². The van der Waals surface area contributed by atoms with Crippen LogP contribution in [0.1, 0.15) is 22.8 Å². The molecule has 0 spiro atoms. The van der Waals surface area contributed by atoms with Crippen LogP contribution in [0.3, 0.4) is 0 Å². The quantitative estimate of drug-likeness (QED) is 0.484. The molecular formula is C18H14ClN3OS2. The number of aromatic nitrogens is 2. The SMILES string of the molecule is CCn1c(=NC(=O)c2ccc3ncsc3c2)sc2c(Cl)ccc(C)c21. The van der Waals surface area contributed by atoms with E-state index < -0.39 is 0 Å². The lowest BCUT2D eigenvalue weighted by Gasteiger charge is -2.04. The summed E-state index contributed by atoms with van der Waals surface area (Å²) < 4.78 is 4.00. The van der Waals surface area contributed by atoms with Crippen molar-refractivity contribution >= 4 is 60.6 Å². The van der Waals surface area contributed by atoms with Crippen molar-refractivity contribution in [2.75, 3.05) is 0 Å². The number of amides is 1. The molecule has 1 amide bonds. The number of hydrogen-bond acceptors (Lipinski definition) is 4. The van der Waals surface area contributed by atoms with Crippen LogP contribution in [0.15, 0.2) is 40.8 Å². The zero-order chi connectivity index (χ0) is 17.6. The van der Waals surface area contributed by atoms with Gasteiger partial charge in [0.1, 0.15) is 0 Å². The average molecular weight is 388 g/mol. The van der Waals surface area contributed by atoms with Crippen molar-refractivity contribution in [1.82, 2.24) is 9.55 Å². The number of thiazole rings is 2. The molecule has 0 N–H and O–H groups in total. The number of aryl methyl sites for hydroxylation is 2. The van der Waals surface area contributed by atoms with Crippen LogP contribution in [0.5, 0.6) is 0 Å². The minimum atomic E-state index is -0.252. The van der Waals surface area contributed by atoms with Crippen LogP contribution in [0.2, 0.25) is 5.02 Å². The lowest BCUT2D eigenvalue weighted by atomic mass is 10.2. The summed E-state index contributed by atoms with van der Waals surface area (Å²) in [6, 6.07) is 9.36. The van der Waals surface area contributed by atoms with Crippen molar-refractivity contribution < 1.29 is 4.79 Å². The van der Waals surface area contributed by atoms with Gasteiger partial charge < -0.3 is 4.57 Å². The van der Waals surface area contributed by atoms with Gasteiger partial charge in [-0.3, -0.25) is 4.79 Å². The molecular weight excluding hydrogens is 374 g/mol. The van der Waals surface area contributed by atoms with Crippen molar-refractivity contribution in [2.24, 2.45) is 4.99 Å². The highest BCUT2D eigenvalue weighted by Gasteiger charge is 2.13. The Kier molecular flexibility index (Phi) is 4.19. The second-order valence-electron chi connectivity index (χ2n) is 5.62. The molecule has 0 saturated carbocycles. The van der Waals surface area contributed by atoms with Crippen LogP contribution in [0.25, 0.3) is 20.4 Å². The van der Waals surface area contributed by atoms with Crippen molar-refractivity contribution in [1.29, 1.82) is 0 Å². The molecule has 0 aliphatic heterocycles. The molecule has 4 nitrogen and oxygen atoms in total. The van der Waals surface area contributed by atoms with Crippen molar-refractivity contribution in [3.05, 3.63) is 56.8 Å². The van der Waals surface area contributed by atoms with E-state index in [9.17, 15) is 4.79 Å². The van der Waals surface area contributed by atoms with Crippen LogP contribution in [-0.4, -0.2) is 15.5 Å². The molecule has 0 radical (unpaired) electrons. The normalized spacial score (nSPS) is 12.4. The van der Waals surface area contributed by atoms with Crippen molar-refractivity contribution in [3.63, 3.8) is 0 Å². The Morgan fingerprint density at radius 2 is 2.16 bits per heavy atom. The Morgan fingerprint density at radius 3 is 2.96 bits per heavy atom. The Bertz CT molecular complexity index is 1190. The third-order valence-corrected chi connectivity index (χ3v) is 6.40. The van der Waals surface area contributed by atoms with E-state index in [0.717, 1.165) is 32.5 Å². The van der Waals surface area contributed by atoms with Gasteiger partial charge in [0.15, 0.2) is 4.80 Å². The van der Waals surface area contributed by atoms with Crippen LogP contribution < -0.4 is 4.80 Å². The van der Waals surface area contributed by atoms with Gasteiger partial charge in [-0.1, -0.05) is 29.0 Å². The maximum Gasteiger partial charge on any atom is 0.279 e. The highest BCUT2D eigenvalue weighted by molar-refractivity contribution is 7.17. The van der Waals surface area contributed by atoms with Gasteiger partial charge in [-0.25, -0.2) is 4.98 Å². The lowest BCUT2D eigenvalue weighted by molar-refractivity contribution is 0.0998. The Morgan fingerprint density at radius 1 is 1.32 bits per heavy atom. The molecule has 0 atom stereocenters. The minimum absolute atomic E-state index is 0.252. The molecule has 0 aliphatic rings. The van der Waals surface area contributed by atoms with Crippen LogP contribution in [0, 0.1) is 6.92 Å². The summed E-state index contributed by atoms with van der Waals surface area (Å²) in [7, 11) is 0. The number of benzene rings is 2. The first kappa shape index (κ1) is 16.4. The standard InChI is InChI=1S/C18H14ClN3OS2/c1-3-22-15-10(2)4-6-12(19)16(15)25-18(22)21-17(23)11-5-7-13-14(8-11)24-9-20-13/h4-9H,3H2,1-2H3. The number of hydrogen-bond donors (Lipinski definition) is 0. The third-order valence-electron chi connectivity index (χ3n) is 4.07. The minimum Gasteiger partial charge on any atom is -0.316 e. The van der Waals surface area contributed by atoms with Gasteiger partial charge >= 0.3 is 0 Å². The summed E-state index contributed by atoms with van der Waals surface area (Å²) in [6.07, 6.45) is 0. The predicted molar refractivity (Wildman–Crippen MR) is 105 cm³/mol. The molecule has 25 heavy (non-hydrogen) atoms. The molecule has 0 bridgehead atoms. The van der Waals surface area contributed by atoms with E-state index in [0.29, 0.717) is 15.4 Å². The van der Waals surface area contributed by atoms with E-state index >= 15 is 0 Å². The fraction of sp³-hybridized carbons (Fsp3) is 0.167. The molecule has 0 saturated heterocycles. The summed E-state index contributed by atoms with van der Waals surface area (Å²) in [6.45, 7) is 4.81. The number of carbonyl (C=O) groups is 1. The fourth-order valence-corrected chi connectivity index (χ4v) is 5.00. The van der Waals surface area contributed by atoms with E-state index in [1.165, 1.54) is 22.7 Å². The van der Waals surface area contributed by atoms with Crippen LogP contribution in [-0.2, 0) is 6.54 Å². The number of halogens is 1. The first-order chi connectivity index (χ1) is 12.1. The number of rotatable bonds is 2. The van der Waals surface area contributed by atoms with Crippen LogP contribution >= 0.6 is 34.3 Å². The van der Waals surface area contributed by atoms with E-state index in [4.69, 9.17) is 11.6 Å². The van der Waals surface area contributed by atoms with Gasteiger partial charge in [-0.05, 0) is 43.7 Å². The molecule has 0 unspecified atom stereocenters. The number of carbonyl (C=O) groups excluding carboxylic acids is 1. The summed E-state index contributed by atoms with van der Waals surface area (Å²) in [5.41, 5.74) is 5.41. The number of fused-ring (bicyclic) bond motifs is 2. The van der Waals surface area contributed by atoms with E-state index in [1.54, 1.807) is 11.6 Å². The zero-order valence-electron chi connectivity index (χ0n) is 13.6. The summed E-state index contributed by atoms with van der Waals surface area (Å²) in [5.74, 6) is -0.252. The molecule has 4 rings (SSSR count). The second-order valence-corrected chi connectivity index (χ2v) is 7.89. The summed E-state index contributed by atoms with van der Waals surface area (Å²) >= 11 is 9.31. The fourth-order valence-electron chi connectivity index (χ4n) is 2.84. The smallest absolute Gasteiger partial charge is 0.279 e. The van der Waals surface area contributed by atoms with Crippen LogP contribution in [0.4, 0.5) is 0 Å². The second kappa shape index (κ2) is 6.37. The molecule has 0 aliphatic carbocycles. The monoisotopic (exact) mass is 387 g/mol. The highest BCUT2D eigenvalue weighted by Crippen LogP contribution is 2.29. The number of nitrogens with zero attached hydrogens (tertiary/aromatic N) is 3. The van der Waals surface area contributed by atoms with E-state index in [2.05, 4.69) is 9.98 Å². The molecule has 0 fully saturated rings.